The minimum atomic E-state index is -0.890. The van der Waals surface area contributed by atoms with Crippen LogP contribution in [0.2, 0.25) is 0 Å². The number of amides is 1. The van der Waals surface area contributed by atoms with E-state index in [1.807, 2.05) is 6.07 Å². The normalized spacial score (nSPS) is 19.7. The second-order valence-electron chi connectivity index (χ2n) is 7.80. The van der Waals surface area contributed by atoms with Crippen LogP contribution in [0, 0.1) is 11.6 Å². The molecule has 1 aromatic carbocycles. The summed E-state index contributed by atoms with van der Waals surface area (Å²) in [4.78, 5) is 16.9. The van der Waals surface area contributed by atoms with E-state index >= 15 is 0 Å². The van der Waals surface area contributed by atoms with Gasteiger partial charge in [0.15, 0.2) is 11.6 Å². The highest BCUT2D eigenvalue weighted by Gasteiger charge is 2.34. The molecule has 1 aromatic heterocycles. The van der Waals surface area contributed by atoms with Crippen molar-refractivity contribution < 1.29 is 18.3 Å². The van der Waals surface area contributed by atoms with E-state index in [1.54, 1.807) is 39.1 Å². The van der Waals surface area contributed by atoms with Gasteiger partial charge in [-0.05, 0) is 63.3 Å². The summed E-state index contributed by atoms with van der Waals surface area (Å²) >= 11 is 0. The number of aryl methyl sites for hydroxylation is 1. The van der Waals surface area contributed by atoms with E-state index in [1.165, 1.54) is 6.07 Å². The van der Waals surface area contributed by atoms with Crippen molar-refractivity contribution in [2.24, 2.45) is 0 Å². The third-order valence-electron chi connectivity index (χ3n) is 4.64. The summed E-state index contributed by atoms with van der Waals surface area (Å²) in [5, 5.41) is 2.88. The van der Waals surface area contributed by atoms with E-state index in [2.05, 4.69) is 10.3 Å². The lowest BCUT2D eigenvalue weighted by atomic mass is 9.85. The lowest BCUT2D eigenvalue weighted by Gasteiger charge is -2.29. The number of fused-ring (bicyclic) bond motifs is 1. The molecule has 2 unspecified atom stereocenters. The molecule has 2 atom stereocenters. The quantitative estimate of drug-likeness (QED) is 0.749. The van der Waals surface area contributed by atoms with Gasteiger partial charge < -0.3 is 10.1 Å². The van der Waals surface area contributed by atoms with Crippen LogP contribution in [-0.2, 0) is 11.2 Å². The smallest absolute Gasteiger partial charge is 0.408 e. The van der Waals surface area contributed by atoms with Crippen molar-refractivity contribution in [1.82, 2.24) is 10.3 Å². The Hall–Kier alpha value is -2.50. The van der Waals surface area contributed by atoms with Gasteiger partial charge in [-0.15, -0.1) is 0 Å². The number of aromatic nitrogens is 1. The van der Waals surface area contributed by atoms with Gasteiger partial charge in [-0.1, -0.05) is 18.2 Å². The Balaban J connectivity index is 2.02. The highest BCUT2D eigenvalue weighted by Crippen LogP contribution is 2.40. The van der Waals surface area contributed by atoms with Crippen LogP contribution in [0.5, 0.6) is 0 Å². The Labute approximate surface area is 158 Å². The van der Waals surface area contributed by atoms with E-state index in [9.17, 15) is 13.6 Å². The Bertz CT molecular complexity index is 833. The van der Waals surface area contributed by atoms with E-state index in [0.29, 0.717) is 6.42 Å². The van der Waals surface area contributed by atoms with E-state index in [4.69, 9.17) is 4.74 Å². The van der Waals surface area contributed by atoms with Crippen LogP contribution in [0.3, 0.4) is 0 Å². The number of pyridine rings is 1. The number of carbonyl (C=O) groups excluding carboxylic acids is 1. The molecular weight excluding hydrogens is 350 g/mol. The first kappa shape index (κ1) is 19.3. The molecule has 0 fully saturated rings. The fourth-order valence-corrected chi connectivity index (χ4v) is 3.57. The molecule has 4 nitrogen and oxygen atoms in total. The summed E-state index contributed by atoms with van der Waals surface area (Å²) in [7, 11) is 0. The van der Waals surface area contributed by atoms with Crippen molar-refractivity contribution in [2.75, 3.05) is 0 Å². The summed E-state index contributed by atoms with van der Waals surface area (Å²) in [5.41, 5.74) is 1.27. The Kier molecular flexibility index (Phi) is 5.44. The zero-order chi connectivity index (χ0) is 19.6. The zero-order valence-electron chi connectivity index (χ0n) is 15.8. The topological polar surface area (TPSA) is 51.2 Å². The van der Waals surface area contributed by atoms with Crippen LogP contribution in [-0.4, -0.2) is 16.7 Å². The number of hydrogen-bond donors (Lipinski definition) is 1. The molecular formula is C21H24F2N2O2. The number of benzene rings is 1. The lowest BCUT2D eigenvalue weighted by molar-refractivity contribution is 0.0494. The summed E-state index contributed by atoms with van der Waals surface area (Å²) < 4.78 is 33.8. The average Bonchev–Trinajstić information content (AvgIpc) is 2.76. The molecule has 27 heavy (non-hydrogen) atoms. The van der Waals surface area contributed by atoms with E-state index in [-0.39, 0.29) is 5.56 Å². The highest BCUT2D eigenvalue weighted by atomic mass is 19.2. The SMILES string of the molecule is CC(C)(C)OC(=O)NC1c2cccnc2CCCC1c1cccc(F)c1F. The molecule has 2 aromatic rings. The van der Waals surface area contributed by atoms with Gasteiger partial charge in [-0.25, -0.2) is 13.6 Å². The van der Waals surface area contributed by atoms with Gasteiger partial charge in [0.2, 0.25) is 0 Å². The molecule has 0 radical (unpaired) electrons. The number of ether oxygens (including phenoxy) is 1. The third-order valence-corrected chi connectivity index (χ3v) is 4.64. The van der Waals surface area contributed by atoms with Crippen molar-refractivity contribution >= 4 is 6.09 Å². The summed E-state index contributed by atoms with van der Waals surface area (Å²) in [6, 6.07) is 7.28. The Morgan fingerprint density at radius 2 is 1.93 bits per heavy atom. The molecule has 1 aliphatic carbocycles. The first-order chi connectivity index (χ1) is 12.8. The number of halogens is 2. The minimum absolute atomic E-state index is 0.257. The summed E-state index contributed by atoms with van der Waals surface area (Å²) in [5.74, 6) is -2.18. The van der Waals surface area contributed by atoms with Crippen molar-refractivity contribution in [3.63, 3.8) is 0 Å². The molecule has 1 aliphatic rings. The van der Waals surface area contributed by atoms with Gasteiger partial charge >= 0.3 is 6.09 Å². The highest BCUT2D eigenvalue weighted by molar-refractivity contribution is 5.68. The zero-order valence-corrected chi connectivity index (χ0v) is 15.8. The Morgan fingerprint density at radius 1 is 1.19 bits per heavy atom. The maximum atomic E-state index is 14.5. The number of nitrogens with one attached hydrogen (secondary N) is 1. The average molecular weight is 374 g/mol. The standard InChI is InChI=1S/C21H24F2N2O2/c1-21(2,3)27-20(26)25-19-14(13-7-4-10-16(22)18(13)23)8-5-11-17-15(19)9-6-12-24-17/h4,6-7,9-10,12,14,19H,5,8,11H2,1-3H3,(H,25,26). The first-order valence-corrected chi connectivity index (χ1v) is 9.13. The third kappa shape index (κ3) is 4.43. The van der Waals surface area contributed by atoms with Gasteiger partial charge in [-0.3, -0.25) is 4.98 Å². The second-order valence-corrected chi connectivity index (χ2v) is 7.80. The molecule has 144 valence electrons. The number of alkyl carbamates (subject to hydrolysis) is 1. The summed E-state index contributed by atoms with van der Waals surface area (Å²) in [6.45, 7) is 5.33. The molecule has 0 aliphatic heterocycles. The monoisotopic (exact) mass is 374 g/mol. The van der Waals surface area contributed by atoms with Gasteiger partial charge in [0.25, 0.3) is 0 Å². The molecule has 1 heterocycles. The van der Waals surface area contributed by atoms with E-state index < -0.39 is 35.3 Å². The molecule has 1 N–H and O–H groups in total. The fraction of sp³-hybridized carbons (Fsp3) is 0.429. The molecule has 3 rings (SSSR count). The molecule has 6 heteroatoms. The first-order valence-electron chi connectivity index (χ1n) is 9.13. The van der Waals surface area contributed by atoms with Crippen LogP contribution >= 0.6 is 0 Å². The van der Waals surface area contributed by atoms with E-state index in [0.717, 1.165) is 30.2 Å². The van der Waals surface area contributed by atoms with Crippen LogP contribution in [0.1, 0.15) is 62.4 Å². The maximum absolute atomic E-state index is 14.5. The summed E-state index contributed by atoms with van der Waals surface area (Å²) in [6.07, 6.45) is 3.18. The van der Waals surface area contributed by atoms with Gasteiger partial charge in [0.05, 0.1) is 6.04 Å². The number of carbonyl (C=O) groups is 1. The van der Waals surface area contributed by atoms with Crippen molar-refractivity contribution in [3.05, 3.63) is 65.0 Å². The lowest BCUT2D eigenvalue weighted by Crippen LogP contribution is -2.37. The predicted molar refractivity (Wildman–Crippen MR) is 98.4 cm³/mol. The van der Waals surface area contributed by atoms with Gasteiger partial charge in [0, 0.05) is 17.8 Å². The second kappa shape index (κ2) is 7.62. The predicted octanol–water partition coefficient (Wildman–Crippen LogP) is 5.05. The number of hydrogen-bond acceptors (Lipinski definition) is 3. The van der Waals surface area contributed by atoms with Crippen LogP contribution < -0.4 is 5.32 Å². The minimum Gasteiger partial charge on any atom is -0.444 e. The maximum Gasteiger partial charge on any atom is 0.408 e. The molecule has 0 bridgehead atoms. The van der Waals surface area contributed by atoms with Gasteiger partial charge in [0.1, 0.15) is 5.60 Å². The van der Waals surface area contributed by atoms with Crippen molar-refractivity contribution in [2.45, 2.75) is 57.6 Å². The molecule has 0 saturated heterocycles. The van der Waals surface area contributed by atoms with Crippen LogP contribution in [0.25, 0.3) is 0 Å². The van der Waals surface area contributed by atoms with Crippen molar-refractivity contribution in [1.29, 1.82) is 0 Å². The van der Waals surface area contributed by atoms with Crippen LogP contribution in [0.15, 0.2) is 36.5 Å². The largest absolute Gasteiger partial charge is 0.444 e. The van der Waals surface area contributed by atoms with Crippen molar-refractivity contribution in [3.8, 4) is 0 Å². The number of rotatable bonds is 2. The van der Waals surface area contributed by atoms with Gasteiger partial charge in [-0.2, -0.15) is 0 Å². The number of nitrogens with zero attached hydrogens (tertiary/aromatic N) is 1. The van der Waals surface area contributed by atoms with Crippen LogP contribution in [0.4, 0.5) is 13.6 Å². The molecule has 0 saturated carbocycles. The fourth-order valence-electron chi connectivity index (χ4n) is 3.57. The molecule has 1 amide bonds. The Morgan fingerprint density at radius 3 is 2.67 bits per heavy atom. The molecule has 0 spiro atoms.